The molecule has 1 aliphatic rings. The molecule has 2 aromatic heterocycles. The molecule has 1 saturated heterocycles. The highest BCUT2D eigenvalue weighted by molar-refractivity contribution is 5.81. The third-order valence-electron chi connectivity index (χ3n) is 6.98. The minimum absolute atomic E-state index is 0.108. The highest BCUT2D eigenvalue weighted by atomic mass is 16.5. The second-order valence-corrected chi connectivity index (χ2v) is 9.36. The van der Waals surface area contributed by atoms with Gasteiger partial charge in [-0.3, -0.25) is 9.69 Å². The molecule has 1 aliphatic heterocycles. The fourth-order valence-electron chi connectivity index (χ4n) is 4.70. The second kappa shape index (κ2) is 9.59. The van der Waals surface area contributed by atoms with E-state index in [9.17, 15) is 4.79 Å². The summed E-state index contributed by atoms with van der Waals surface area (Å²) >= 11 is 0. The lowest BCUT2D eigenvalue weighted by Gasteiger charge is -2.37. The zero-order valence-electron chi connectivity index (χ0n) is 20.7. The molecule has 4 aromatic rings. The van der Waals surface area contributed by atoms with Gasteiger partial charge >= 0.3 is 0 Å². The van der Waals surface area contributed by atoms with E-state index in [0.717, 1.165) is 54.0 Å². The van der Waals surface area contributed by atoms with Crippen molar-refractivity contribution in [3.8, 4) is 5.75 Å². The van der Waals surface area contributed by atoms with E-state index in [1.807, 2.05) is 36.4 Å². The van der Waals surface area contributed by atoms with Crippen molar-refractivity contribution in [1.82, 2.24) is 35.0 Å². The Morgan fingerprint density at radius 2 is 1.74 bits per heavy atom. The quantitative estimate of drug-likeness (QED) is 0.460. The summed E-state index contributed by atoms with van der Waals surface area (Å²) in [5.41, 5.74) is 4.79. The number of nitrogens with one attached hydrogen (secondary N) is 1. The maximum absolute atomic E-state index is 13.4. The number of aromatic nitrogens is 5. The number of fused-ring (bicyclic) bond motifs is 1. The minimum atomic E-state index is -0.355. The van der Waals surface area contributed by atoms with Crippen molar-refractivity contribution in [1.29, 1.82) is 0 Å². The van der Waals surface area contributed by atoms with Crippen LogP contribution in [0.15, 0.2) is 47.3 Å². The number of methoxy groups -OCH3 is 1. The summed E-state index contributed by atoms with van der Waals surface area (Å²) in [4.78, 5) is 21.2. The number of pyridine rings is 1. The first-order chi connectivity index (χ1) is 16.9. The number of hydrogen-bond acceptors (Lipinski definition) is 7. The van der Waals surface area contributed by atoms with Gasteiger partial charge < -0.3 is 14.6 Å². The van der Waals surface area contributed by atoms with E-state index >= 15 is 0 Å². The number of hydrogen-bond donors (Lipinski definition) is 1. The fraction of sp³-hybridized carbons (Fsp3) is 0.385. The Morgan fingerprint density at radius 1 is 1.03 bits per heavy atom. The first-order valence-electron chi connectivity index (χ1n) is 11.9. The van der Waals surface area contributed by atoms with Crippen LogP contribution in [-0.2, 0) is 6.54 Å². The number of likely N-dealkylation sites (N-methyl/N-ethyl adjacent to an activating group) is 1. The molecule has 0 aliphatic carbocycles. The standard InChI is InChI=1S/C26H31N7O2/c1-17-13-20-15-22(26(34)27-23(20)14-18(17)2)24(32-11-9-31(3)10-12-32)25-28-29-30-33(25)16-19-5-7-21(35-4)8-6-19/h5-8,13-15,24H,9-12,16H2,1-4H3,(H,27,34)/t24-/m0/s1. The molecule has 1 fully saturated rings. The molecular weight excluding hydrogens is 442 g/mol. The van der Waals surface area contributed by atoms with Crippen molar-refractivity contribution >= 4 is 10.9 Å². The van der Waals surface area contributed by atoms with Gasteiger partial charge in [0.1, 0.15) is 11.8 Å². The van der Waals surface area contributed by atoms with Gasteiger partial charge in [0.15, 0.2) is 5.82 Å². The molecule has 0 radical (unpaired) electrons. The number of aromatic amines is 1. The number of H-pyrrole nitrogens is 1. The predicted octanol–water partition coefficient (Wildman–Crippen LogP) is 2.53. The zero-order chi connectivity index (χ0) is 24.5. The maximum atomic E-state index is 13.4. The smallest absolute Gasteiger partial charge is 0.253 e. The van der Waals surface area contributed by atoms with Crippen LogP contribution in [0.4, 0.5) is 0 Å². The van der Waals surface area contributed by atoms with Gasteiger partial charge in [-0.2, -0.15) is 0 Å². The van der Waals surface area contributed by atoms with Gasteiger partial charge in [0.2, 0.25) is 0 Å². The number of aryl methyl sites for hydroxylation is 2. The second-order valence-electron chi connectivity index (χ2n) is 9.36. The van der Waals surface area contributed by atoms with Crippen LogP contribution in [0.2, 0.25) is 0 Å². The van der Waals surface area contributed by atoms with Crippen molar-refractivity contribution in [3.05, 3.63) is 80.9 Å². The van der Waals surface area contributed by atoms with Crippen LogP contribution in [-0.4, -0.2) is 75.3 Å². The molecule has 0 unspecified atom stereocenters. The first kappa shape index (κ1) is 23.2. The Labute approximate surface area is 204 Å². The summed E-state index contributed by atoms with van der Waals surface area (Å²) in [6.07, 6.45) is 0. The van der Waals surface area contributed by atoms with Crippen LogP contribution >= 0.6 is 0 Å². The molecule has 9 heteroatoms. The Bertz CT molecular complexity index is 1390. The van der Waals surface area contributed by atoms with Crippen LogP contribution in [0, 0.1) is 13.8 Å². The highest BCUT2D eigenvalue weighted by Crippen LogP contribution is 2.28. The van der Waals surface area contributed by atoms with Crippen molar-refractivity contribution in [3.63, 3.8) is 0 Å². The summed E-state index contributed by atoms with van der Waals surface area (Å²) in [5, 5.41) is 13.8. The summed E-state index contributed by atoms with van der Waals surface area (Å²) in [5.74, 6) is 1.47. The molecule has 0 amide bonds. The van der Waals surface area contributed by atoms with E-state index in [4.69, 9.17) is 4.74 Å². The molecule has 1 N–H and O–H groups in total. The summed E-state index contributed by atoms with van der Waals surface area (Å²) in [7, 11) is 3.77. The van der Waals surface area contributed by atoms with Crippen LogP contribution in [0.25, 0.3) is 10.9 Å². The van der Waals surface area contributed by atoms with Gasteiger partial charge in [0.05, 0.1) is 13.7 Å². The van der Waals surface area contributed by atoms with Crippen molar-refractivity contribution in [2.75, 3.05) is 40.3 Å². The Kier molecular flexibility index (Phi) is 6.36. The van der Waals surface area contributed by atoms with Gasteiger partial charge in [0.25, 0.3) is 5.56 Å². The van der Waals surface area contributed by atoms with Crippen molar-refractivity contribution in [2.24, 2.45) is 0 Å². The number of tetrazole rings is 1. The zero-order valence-corrected chi connectivity index (χ0v) is 20.7. The van der Waals surface area contributed by atoms with Crippen LogP contribution in [0.1, 0.15) is 34.1 Å². The van der Waals surface area contributed by atoms with Gasteiger partial charge in [-0.25, -0.2) is 4.68 Å². The molecule has 182 valence electrons. The molecular formula is C26H31N7O2. The third kappa shape index (κ3) is 4.69. The lowest BCUT2D eigenvalue weighted by molar-refractivity contribution is 0.121. The number of benzene rings is 2. The molecule has 0 saturated carbocycles. The van der Waals surface area contributed by atoms with Crippen LogP contribution in [0.5, 0.6) is 5.75 Å². The summed E-state index contributed by atoms with van der Waals surface area (Å²) in [6, 6.07) is 13.7. The molecule has 1 atom stereocenters. The van der Waals surface area contributed by atoms with E-state index in [1.165, 1.54) is 5.56 Å². The third-order valence-corrected chi connectivity index (χ3v) is 6.98. The lowest BCUT2D eigenvalue weighted by Crippen LogP contribution is -2.47. The van der Waals surface area contributed by atoms with Gasteiger partial charge in [0, 0.05) is 37.3 Å². The Morgan fingerprint density at radius 3 is 2.46 bits per heavy atom. The number of nitrogens with zero attached hydrogens (tertiary/aromatic N) is 6. The van der Waals surface area contributed by atoms with Crippen LogP contribution in [0.3, 0.4) is 0 Å². The fourth-order valence-corrected chi connectivity index (χ4v) is 4.70. The Hall–Kier alpha value is -3.56. The van der Waals surface area contributed by atoms with Crippen LogP contribution < -0.4 is 10.3 Å². The monoisotopic (exact) mass is 473 g/mol. The predicted molar refractivity (Wildman–Crippen MR) is 135 cm³/mol. The maximum Gasteiger partial charge on any atom is 0.253 e. The minimum Gasteiger partial charge on any atom is -0.497 e. The van der Waals surface area contributed by atoms with Crippen molar-refractivity contribution in [2.45, 2.75) is 26.4 Å². The van der Waals surface area contributed by atoms with Gasteiger partial charge in [-0.05, 0) is 83.7 Å². The van der Waals surface area contributed by atoms with E-state index in [0.29, 0.717) is 17.9 Å². The summed E-state index contributed by atoms with van der Waals surface area (Å²) in [6.45, 7) is 8.12. The largest absolute Gasteiger partial charge is 0.497 e. The lowest BCUT2D eigenvalue weighted by atomic mass is 10.00. The molecule has 9 nitrogen and oxygen atoms in total. The van der Waals surface area contributed by atoms with E-state index in [1.54, 1.807) is 11.8 Å². The van der Waals surface area contributed by atoms with Crippen molar-refractivity contribution < 1.29 is 4.74 Å². The molecule has 0 bridgehead atoms. The SMILES string of the molecule is COc1ccc(Cn2nnnc2[C@H](c2cc3cc(C)c(C)cc3[nH]c2=O)N2CCN(C)CC2)cc1. The number of ether oxygens (including phenoxy) is 1. The average Bonchev–Trinajstić information content (AvgIpc) is 3.30. The molecule has 35 heavy (non-hydrogen) atoms. The van der Waals surface area contributed by atoms with E-state index in [2.05, 4.69) is 57.3 Å². The first-order valence-corrected chi connectivity index (χ1v) is 11.9. The number of piperazine rings is 1. The van der Waals surface area contributed by atoms with Gasteiger partial charge in [-0.1, -0.05) is 12.1 Å². The molecule has 2 aromatic carbocycles. The topological polar surface area (TPSA) is 92.2 Å². The molecule has 0 spiro atoms. The van der Waals surface area contributed by atoms with Gasteiger partial charge in [-0.15, -0.1) is 5.10 Å². The van der Waals surface area contributed by atoms with E-state index in [-0.39, 0.29) is 11.6 Å². The summed E-state index contributed by atoms with van der Waals surface area (Å²) < 4.78 is 7.08. The normalized spacial score (nSPS) is 16.0. The average molecular weight is 474 g/mol. The highest BCUT2D eigenvalue weighted by Gasteiger charge is 2.32. The molecule has 3 heterocycles. The Balaban J connectivity index is 1.59. The molecule has 5 rings (SSSR count). The van der Waals surface area contributed by atoms with E-state index < -0.39 is 0 Å². The number of rotatable bonds is 6.